The molecule has 0 atom stereocenters. The Hall–Kier alpha value is -1.75. The molecule has 1 heterocycles. The zero-order valence-electron chi connectivity index (χ0n) is 11.4. The molecule has 5 nitrogen and oxygen atoms in total. The Morgan fingerprint density at radius 1 is 1.37 bits per heavy atom. The van der Waals surface area contributed by atoms with Crippen LogP contribution < -0.4 is 16.4 Å². The van der Waals surface area contributed by atoms with Crippen LogP contribution in [-0.4, -0.2) is 43.5 Å². The van der Waals surface area contributed by atoms with Crippen LogP contribution in [-0.2, 0) is 4.79 Å². The fourth-order valence-corrected chi connectivity index (χ4v) is 2.70. The molecule has 1 saturated heterocycles. The molecule has 0 aliphatic carbocycles. The molecule has 1 aliphatic heterocycles. The van der Waals surface area contributed by atoms with E-state index in [-0.39, 0.29) is 5.91 Å². The molecule has 5 heteroatoms. The summed E-state index contributed by atoms with van der Waals surface area (Å²) in [4.78, 5) is 15.3. The van der Waals surface area contributed by atoms with Gasteiger partial charge in [0.15, 0.2) is 0 Å². The van der Waals surface area contributed by atoms with E-state index < -0.39 is 0 Å². The maximum atomic E-state index is 10.9. The van der Waals surface area contributed by atoms with Gasteiger partial charge >= 0.3 is 0 Å². The van der Waals surface area contributed by atoms with Gasteiger partial charge in [0.05, 0.1) is 17.9 Å². The zero-order chi connectivity index (χ0) is 13.8. The van der Waals surface area contributed by atoms with Crippen molar-refractivity contribution < 1.29 is 4.79 Å². The molecule has 0 unspecified atom stereocenters. The number of carbonyl (C=O) groups excluding carboxylic acids is 1. The van der Waals surface area contributed by atoms with Crippen molar-refractivity contribution in [2.24, 2.45) is 5.73 Å². The lowest BCUT2D eigenvalue weighted by Gasteiger charge is -2.37. The first-order valence-electron chi connectivity index (χ1n) is 6.66. The number of anilines is 2. The molecule has 0 bridgehead atoms. The molecule has 104 valence electrons. The average Bonchev–Trinajstić information content (AvgIpc) is 2.39. The number of piperidine rings is 1. The van der Waals surface area contributed by atoms with E-state index in [2.05, 4.69) is 11.0 Å². The Balaban J connectivity index is 1.92. The number of nitrogen functional groups attached to an aromatic ring is 1. The molecule has 1 aromatic carbocycles. The van der Waals surface area contributed by atoms with Crippen LogP contribution in [0.1, 0.15) is 12.8 Å². The van der Waals surface area contributed by atoms with Gasteiger partial charge in [0.25, 0.3) is 0 Å². The number of hydrogen-bond donors (Lipinski definition) is 2. The molecular formula is C14H22N4O. The van der Waals surface area contributed by atoms with Gasteiger partial charge in [0.1, 0.15) is 0 Å². The van der Waals surface area contributed by atoms with Crippen molar-refractivity contribution in [3.8, 4) is 0 Å². The summed E-state index contributed by atoms with van der Waals surface area (Å²) in [6, 6.07) is 8.38. The van der Waals surface area contributed by atoms with E-state index in [9.17, 15) is 4.79 Å². The average molecular weight is 262 g/mol. The predicted molar refractivity (Wildman–Crippen MR) is 77.9 cm³/mol. The lowest BCUT2D eigenvalue weighted by molar-refractivity contribution is -0.119. The molecule has 1 amide bonds. The third-order valence-corrected chi connectivity index (χ3v) is 3.77. The number of benzene rings is 1. The number of hydrogen-bond acceptors (Lipinski definition) is 4. The zero-order valence-corrected chi connectivity index (χ0v) is 11.4. The fraction of sp³-hybridized carbons (Fsp3) is 0.500. The maximum Gasteiger partial charge on any atom is 0.231 e. The Bertz CT molecular complexity index is 441. The van der Waals surface area contributed by atoms with Gasteiger partial charge in [-0.15, -0.1) is 0 Å². The summed E-state index contributed by atoms with van der Waals surface area (Å²) >= 11 is 0. The highest BCUT2D eigenvalue weighted by Gasteiger charge is 2.23. The summed E-state index contributed by atoms with van der Waals surface area (Å²) in [5.41, 5.74) is 13.2. The SMILES string of the molecule is CN(CC(N)=O)C1CCN(c2ccccc2N)CC1. The monoisotopic (exact) mass is 262 g/mol. The summed E-state index contributed by atoms with van der Waals surface area (Å²) in [6.07, 6.45) is 2.05. The van der Waals surface area contributed by atoms with Crippen molar-refractivity contribution >= 4 is 17.3 Å². The first kappa shape index (κ1) is 13.7. The molecule has 1 aromatic rings. The lowest BCUT2D eigenvalue weighted by Crippen LogP contribution is -2.46. The molecule has 4 N–H and O–H groups in total. The van der Waals surface area contributed by atoms with Crippen LogP contribution in [0.2, 0.25) is 0 Å². The quantitative estimate of drug-likeness (QED) is 0.781. The number of rotatable bonds is 4. The number of nitrogens with zero attached hydrogens (tertiary/aromatic N) is 2. The highest BCUT2D eigenvalue weighted by molar-refractivity contribution is 5.75. The third-order valence-electron chi connectivity index (χ3n) is 3.77. The van der Waals surface area contributed by atoms with Gasteiger partial charge in [-0.25, -0.2) is 0 Å². The van der Waals surface area contributed by atoms with Crippen molar-refractivity contribution in [1.82, 2.24) is 4.90 Å². The summed E-state index contributed by atoms with van der Waals surface area (Å²) in [6.45, 7) is 2.25. The number of likely N-dealkylation sites (N-methyl/N-ethyl adjacent to an activating group) is 1. The first-order chi connectivity index (χ1) is 9.08. The highest BCUT2D eigenvalue weighted by atomic mass is 16.1. The van der Waals surface area contributed by atoms with Crippen molar-refractivity contribution in [3.05, 3.63) is 24.3 Å². The number of amides is 1. The summed E-state index contributed by atoms with van der Waals surface area (Å²) in [7, 11) is 1.96. The molecule has 0 radical (unpaired) electrons. The van der Waals surface area contributed by atoms with Gasteiger partial charge in [-0.1, -0.05) is 12.1 Å². The number of carbonyl (C=O) groups is 1. The maximum absolute atomic E-state index is 10.9. The van der Waals surface area contributed by atoms with Crippen LogP contribution in [0.25, 0.3) is 0 Å². The first-order valence-corrected chi connectivity index (χ1v) is 6.66. The molecule has 19 heavy (non-hydrogen) atoms. The van der Waals surface area contributed by atoms with Crippen LogP contribution in [0, 0.1) is 0 Å². The number of para-hydroxylation sites is 2. The minimum Gasteiger partial charge on any atom is -0.397 e. The van der Waals surface area contributed by atoms with Crippen molar-refractivity contribution in [2.75, 3.05) is 37.3 Å². The van der Waals surface area contributed by atoms with Crippen molar-refractivity contribution in [2.45, 2.75) is 18.9 Å². The molecule has 2 rings (SSSR count). The van der Waals surface area contributed by atoms with E-state index in [0.29, 0.717) is 12.6 Å². The van der Waals surface area contributed by atoms with E-state index in [1.807, 2.05) is 30.1 Å². The van der Waals surface area contributed by atoms with E-state index >= 15 is 0 Å². The second-order valence-electron chi connectivity index (χ2n) is 5.16. The topological polar surface area (TPSA) is 75.6 Å². The van der Waals surface area contributed by atoms with E-state index in [1.54, 1.807) is 0 Å². The van der Waals surface area contributed by atoms with Crippen molar-refractivity contribution in [3.63, 3.8) is 0 Å². The second-order valence-corrected chi connectivity index (χ2v) is 5.16. The summed E-state index contributed by atoms with van der Waals surface area (Å²) in [5.74, 6) is -0.266. The Labute approximate surface area is 114 Å². The van der Waals surface area contributed by atoms with Gasteiger partial charge in [-0.05, 0) is 32.0 Å². The fourth-order valence-electron chi connectivity index (χ4n) is 2.70. The largest absolute Gasteiger partial charge is 0.397 e. The van der Waals surface area contributed by atoms with Gasteiger partial charge in [0, 0.05) is 19.1 Å². The van der Waals surface area contributed by atoms with E-state index in [1.165, 1.54) is 0 Å². The van der Waals surface area contributed by atoms with Crippen LogP contribution in [0.5, 0.6) is 0 Å². The van der Waals surface area contributed by atoms with E-state index in [0.717, 1.165) is 37.3 Å². The molecule has 0 spiro atoms. The second kappa shape index (κ2) is 5.93. The molecular weight excluding hydrogens is 240 g/mol. The lowest BCUT2D eigenvalue weighted by atomic mass is 10.0. The highest BCUT2D eigenvalue weighted by Crippen LogP contribution is 2.26. The molecule has 0 saturated carbocycles. The van der Waals surface area contributed by atoms with Crippen molar-refractivity contribution in [1.29, 1.82) is 0 Å². The smallest absolute Gasteiger partial charge is 0.231 e. The minimum atomic E-state index is -0.266. The Kier molecular flexibility index (Phi) is 4.27. The van der Waals surface area contributed by atoms with Crippen LogP contribution in [0.4, 0.5) is 11.4 Å². The van der Waals surface area contributed by atoms with Gasteiger partial charge in [-0.2, -0.15) is 0 Å². The normalized spacial score (nSPS) is 16.8. The summed E-state index contributed by atoms with van der Waals surface area (Å²) < 4.78 is 0. The summed E-state index contributed by atoms with van der Waals surface area (Å²) in [5, 5.41) is 0. The number of primary amides is 1. The van der Waals surface area contributed by atoms with Gasteiger partial charge in [0.2, 0.25) is 5.91 Å². The van der Waals surface area contributed by atoms with E-state index in [4.69, 9.17) is 11.5 Å². The standard InChI is InChI=1S/C14H22N4O/c1-17(10-14(16)19)11-6-8-18(9-7-11)13-5-3-2-4-12(13)15/h2-5,11H,6-10,15H2,1H3,(H2,16,19). The molecule has 1 fully saturated rings. The van der Waals surface area contributed by atoms with Gasteiger partial charge < -0.3 is 16.4 Å². The Morgan fingerprint density at radius 3 is 2.58 bits per heavy atom. The van der Waals surface area contributed by atoms with Gasteiger partial charge in [-0.3, -0.25) is 9.69 Å². The predicted octanol–water partition coefficient (Wildman–Crippen LogP) is 0.655. The molecule has 1 aliphatic rings. The van der Waals surface area contributed by atoms with Crippen LogP contribution in [0.3, 0.4) is 0 Å². The Morgan fingerprint density at radius 2 is 2.00 bits per heavy atom. The minimum absolute atomic E-state index is 0.266. The molecule has 0 aromatic heterocycles. The number of nitrogens with two attached hydrogens (primary N) is 2. The van der Waals surface area contributed by atoms with Crippen LogP contribution >= 0.6 is 0 Å². The third kappa shape index (κ3) is 3.38. The van der Waals surface area contributed by atoms with Crippen LogP contribution in [0.15, 0.2) is 24.3 Å².